The van der Waals surface area contributed by atoms with Crippen LogP contribution in [0.3, 0.4) is 0 Å². The Hall–Kier alpha value is -1.88. The maximum atomic E-state index is 11.9. The lowest BCUT2D eigenvalue weighted by atomic mass is 9.86. The Balaban J connectivity index is 2.10. The van der Waals surface area contributed by atoms with Crippen molar-refractivity contribution in [3.8, 4) is 5.75 Å². The predicted molar refractivity (Wildman–Crippen MR) is 67.7 cm³/mol. The summed E-state index contributed by atoms with van der Waals surface area (Å²) in [6.45, 7) is 4.00. The number of benzene rings is 1. The lowest BCUT2D eigenvalue weighted by Crippen LogP contribution is -2.19. The minimum absolute atomic E-state index is 0.118. The van der Waals surface area contributed by atoms with Crippen LogP contribution in [0.4, 0.5) is 0 Å². The normalized spacial score (nSPS) is 15.7. The highest BCUT2D eigenvalue weighted by molar-refractivity contribution is 5.97. The number of ketones is 1. The number of hydrogen-bond donors (Lipinski definition) is 1. The molecule has 0 saturated carbocycles. The lowest BCUT2D eigenvalue weighted by molar-refractivity contribution is -0.141. The molecule has 1 aromatic carbocycles. The summed E-state index contributed by atoms with van der Waals surface area (Å²) < 4.78 is 10.3. The minimum Gasteiger partial charge on any atom is -0.492 e. The van der Waals surface area contributed by atoms with Gasteiger partial charge in [0.2, 0.25) is 0 Å². The average Bonchev–Trinajstić information content (AvgIpc) is 2.64. The van der Waals surface area contributed by atoms with Gasteiger partial charge < -0.3 is 14.6 Å². The van der Waals surface area contributed by atoms with Crippen LogP contribution in [-0.2, 0) is 14.9 Å². The summed E-state index contributed by atoms with van der Waals surface area (Å²) in [5.41, 5.74) is 1.40. The van der Waals surface area contributed by atoms with E-state index in [4.69, 9.17) is 14.6 Å². The van der Waals surface area contributed by atoms with E-state index < -0.39 is 12.6 Å². The number of carbonyl (C=O) groups is 2. The predicted octanol–water partition coefficient (Wildman–Crippen LogP) is 1.64. The van der Waals surface area contributed by atoms with Crippen molar-refractivity contribution >= 4 is 11.8 Å². The van der Waals surface area contributed by atoms with E-state index in [-0.39, 0.29) is 17.8 Å². The van der Waals surface area contributed by atoms with Gasteiger partial charge in [-0.05, 0) is 18.2 Å². The van der Waals surface area contributed by atoms with Crippen molar-refractivity contribution in [3.05, 3.63) is 29.3 Å². The van der Waals surface area contributed by atoms with E-state index in [1.807, 2.05) is 13.8 Å². The topological polar surface area (TPSA) is 72.8 Å². The third-order valence-corrected chi connectivity index (χ3v) is 3.08. The summed E-state index contributed by atoms with van der Waals surface area (Å²) in [5.74, 6) is -0.518. The molecule has 5 heteroatoms. The molecule has 1 heterocycles. The molecule has 1 aromatic rings. The number of carbonyl (C=O) groups excluding carboxylic acids is 1. The quantitative estimate of drug-likeness (QED) is 0.818. The monoisotopic (exact) mass is 264 g/mol. The lowest BCUT2D eigenvalue weighted by Gasteiger charge is -2.15. The summed E-state index contributed by atoms with van der Waals surface area (Å²) in [6, 6.07) is 5.25. The van der Waals surface area contributed by atoms with Gasteiger partial charge in [-0.15, -0.1) is 0 Å². The van der Waals surface area contributed by atoms with Crippen LogP contribution >= 0.6 is 0 Å². The van der Waals surface area contributed by atoms with Gasteiger partial charge in [0.15, 0.2) is 5.78 Å². The molecule has 19 heavy (non-hydrogen) atoms. The Morgan fingerprint density at radius 3 is 2.79 bits per heavy atom. The van der Waals surface area contributed by atoms with E-state index in [0.29, 0.717) is 12.2 Å². The number of aliphatic carboxylic acids is 1. The second-order valence-corrected chi connectivity index (χ2v) is 5.19. The molecule has 0 aromatic heterocycles. The third-order valence-electron chi connectivity index (χ3n) is 3.08. The summed E-state index contributed by atoms with van der Waals surface area (Å²) in [6.07, 6.45) is 0. The number of ether oxygens (including phenoxy) is 2. The first-order chi connectivity index (χ1) is 8.90. The van der Waals surface area contributed by atoms with Crippen LogP contribution < -0.4 is 4.74 Å². The van der Waals surface area contributed by atoms with Crippen molar-refractivity contribution in [3.63, 3.8) is 0 Å². The maximum Gasteiger partial charge on any atom is 0.329 e. The molecule has 0 aliphatic carbocycles. The van der Waals surface area contributed by atoms with Gasteiger partial charge in [0.05, 0.1) is 6.61 Å². The summed E-state index contributed by atoms with van der Waals surface area (Å²) in [5, 5.41) is 8.44. The highest BCUT2D eigenvalue weighted by atomic mass is 16.5. The SMILES string of the molecule is CC1(C)COc2ccc(C(=O)COCC(=O)O)cc21. The van der Waals surface area contributed by atoms with Crippen molar-refractivity contribution in [1.82, 2.24) is 0 Å². The Morgan fingerprint density at radius 1 is 1.37 bits per heavy atom. The first-order valence-electron chi connectivity index (χ1n) is 6.00. The van der Waals surface area contributed by atoms with Crippen molar-refractivity contribution in [2.75, 3.05) is 19.8 Å². The highest BCUT2D eigenvalue weighted by Crippen LogP contribution is 2.38. The molecule has 0 bridgehead atoms. The molecule has 5 nitrogen and oxygen atoms in total. The smallest absolute Gasteiger partial charge is 0.329 e. The minimum atomic E-state index is -1.09. The number of carboxylic acid groups (broad SMARTS) is 1. The van der Waals surface area contributed by atoms with Gasteiger partial charge in [0, 0.05) is 16.5 Å². The molecule has 2 rings (SSSR count). The fraction of sp³-hybridized carbons (Fsp3) is 0.429. The molecule has 0 radical (unpaired) electrons. The van der Waals surface area contributed by atoms with Crippen molar-refractivity contribution < 1.29 is 24.2 Å². The van der Waals surface area contributed by atoms with Crippen molar-refractivity contribution in [2.45, 2.75) is 19.3 Å². The van der Waals surface area contributed by atoms with E-state index in [0.717, 1.165) is 11.3 Å². The number of Topliss-reactive ketones (excluding diaryl/α,β-unsaturated/α-hetero) is 1. The Kier molecular flexibility index (Phi) is 3.57. The molecule has 102 valence electrons. The first-order valence-corrected chi connectivity index (χ1v) is 6.00. The summed E-state index contributed by atoms with van der Waals surface area (Å²) >= 11 is 0. The number of hydrogen-bond acceptors (Lipinski definition) is 4. The molecular formula is C14H16O5. The summed E-state index contributed by atoms with van der Waals surface area (Å²) in [7, 11) is 0. The van der Waals surface area contributed by atoms with Crippen LogP contribution in [0.2, 0.25) is 0 Å². The van der Waals surface area contributed by atoms with Gasteiger partial charge in [-0.25, -0.2) is 4.79 Å². The van der Waals surface area contributed by atoms with E-state index in [1.54, 1.807) is 18.2 Å². The largest absolute Gasteiger partial charge is 0.492 e. The molecule has 1 aliphatic rings. The molecule has 0 unspecified atom stereocenters. The van der Waals surface area contributed by atoms with Gasteiger partial charge in [0.1, 0.15) is 19.0 Å². The zero-order chi connectivity index (χ0) is 14.0. The number of carboxylic acids is 1. The van der Waals surface area contributed by atoms with E-state index >= 15 is 0 Å². The molecule has 0 amide bonds. The van der Waals surface area contributed by atoms with Crippen LogP contribution in [0.5, 0.6) is 5.75 Å². The second kappa shape index (κ2) is 5.01. The molecule has 0 atom stereocenters. The maximum absolute atomic E-state index is 11.9. The van der Waals surface area contributed by atoms with E-state index in [9.17, 15) is 9.59 Å². The highest BCUT2D eigenvalue weighted by Gasteiger charge is 2.32. The van der Waals surface area contributed by atoms with Gasteiger partial charge in [-0.2, -0.15) is 0 Å². The van der Waals surface area contributed by atoms with Crippen molar-refractivity contribution in [2.24, 2.45) is 0 Å². The molecule has 0 spiro atoms. The fourth-order valence-electron chi connectivity index (χ4n) is 2.01. The van der Waals surface area contributed by atoms with Crippen LogP contribution in [-0.4, -0.2) is 36.7 Å². The summed E-state index contributed by atoms with van der Waals surface area (Å²) in [4.78, 5) is 22.2. The molecule has 1 aliphatic heterocycles. The third kappa shape index (κ3) is 2.93. The Bertz CT molecular complexity index is 519. The van der Waals surface area contributed by atoms with Crippen LogP contribution in [0.25, 0.3) is 0 Å². The zero-order valence-electron chi connectivity index (χ0n) is 10.9. The first kappa shape index (κ1) is 13.5. The fourth-order valence-corrected chi connectivity index (χ4v) is 2.01. The standard InChI is InChI=1S/C14H16O5/c1-14(2)8-19-12-4-3-9(5-10(12)14)11(15)6-18-7-13(16)17/h3-5H,6-8H2,1-2H3,(H,16,17). The number of fused-ring (bicyclic) bond motifs is 1. The van der Waals surface area contributed by atoms with Crippen LogP contribution in [0.15, 0.2) is 18.2 Å². The van der Waals surface area contributed by atoms with Gasteiger partial charge >= 0.3 is 5.97 Å². The Labute approximate surface area is 111 Å². The van der Waals surface area contributed by atoms with E-state index in [2.05, 4.69) is 0 Å². The molecule has 1 N–H and O–H groups in total. The van der Waals surface area contributed by atoms with E-state index in [1.165, 1.54) is 0 Å². The Morgan fingerprint density at radius 2 is 2.11 bits per heavy atom. The molecular weight excluding hydrogens is 248 g/mol. The van der Waals surface area contributed by atoms with Crippen LogP contribution in [0.1, 0.15) is 29.8 Å². The van der Waals surface area contributed by atoms with Crippen molar-refractivity contribution in [1.29, 1.82) is 0 Å². The van der Waals surface area contributed by atoms with Crippen LogP contribution in [0, 0.1) is 0 Å². The zero-order valence-corrected chi connectivity index (χ0v) is 10.9. The van der Waals surface area contributed by atoms with Gasteiger partial charge in [-0.1, -0.05) is 13.8 Å². The second-order valence-electron chi connectivity index (χ2n) is 5.19. The van der Waals surface area contributed by atoms with Gasteiger partial charge in [-0.3, -0.25) is 4.79 Å². The number of rotatable bonds is 5. The average molecular weight is 264 g/mol. The molecule has 0 fully saturated rings. The van der Waals surface area contributed by atoms with Gasteiger partial charge in [0.25, 0.3) is 0 Å². The molecule has 0 saturated heterocycles.